The average molecular weight is 263 g/mol. The minimum absolute atomic E-state index is 0.181. The van der Waals surface area contributed by atoms with Gasteiger partial charge in [0.15, 0.2) is 5.82 Å². The molecule has 0 spiro atoms. The SMILES string of the molecule is CCCc1cc(NC(=O)c2c[nH]c(=O)[nH]c2=O)n[nH]1. The maximum absolute atomic E-state index is 11.8. The minimum Gasteiger partial charge on any atom is -0.313 e. The lowest BCUT2D eigenvalue weighted by atomic mass is 10.2. The van der Waals surface area contributed by atoms with Gasteiger partial charge in [-0.1, -0.05) is 13.3 Å². The lowest BCUT2D eigenvalue weighted by molar-refractivity contribution is 0.102. The van der Waals surface area contributed by atoms with Gasteiger partial charge in [0.1, 0.15) is 5.56 Å². The molecule has 0 fully saturated rings. The second-order valence-corrected chi connectivity index (χ2v) is 3.97. The van der Waals surface area contributed by atoms with E-state index in [4.69, 9.17) is 0 Å². The molecule has 0 aliphatic heterocycles. The van der Waals surface area contributed by atoms with Crippen LogP contribution in [0.25, 0.3) is 0 Å². The van der Waals surface area contributed by atoms with E-state index in [9.17, 15) is 14.4 Å². The normalized spacial score (nSPS) is 10.4. The summed E-state index contributed by atoms with van der Waals surface area (Å²) in [5.74, 6) is -0.300. The molecule has 1 amide bonds. The van der Waals surface area contributed by atoms with Gasteiger partial charge in [0.25, 0.3) is 11.5 Å². The van der Waals surface area contributed by atoms with E-state index in [1.54, 1.807) is 6.07 Å². The quantitative estimate of drug-likeness (QED) is 0.619. The Hall–Kier alpha value is -2.64. The standard InChI is InChI=1S/C11H13N5O3/c1-2-3-6-4-8(16-15-6)13-9(17)7-5-12-11(19)14-10(7)18/h4-5H,2-3H2,1H3,(H2,12,14,18,19)(H2,13,15,16,17). The van der Waals surface area contributed by atoms with Crippen LogP contribution in [-0.2, 0) is 6.42 Å². The molecule has 0 saturated heterocycles. The van der Waals surface area contributed by atoms with Crippen molar-refractivity contribution in [3.8, 4) is 0 Å². The van der Waals surface area contributed by atoms with E-state index in [0.29, 0.717) is 5.82 Å². The van der Waals surface area contributed by atoms with Gasteiger partial charge in [0, 0.05) is 18.0 Å². The molecular formula is C11H13N5O3. The minimum atomic E-state index is -0.745. The summed E-state index contributed by atoms with van der Waals surface area (Å²) in [6.07, 6.45) is 2.84. The third-order valence-corrected chi connectivity index (χ3v) is 2.46. The summed E-state index contributed by atoms with van der Waals surface area (Å²) in [6.45, 7) is 2.03. The fraction of sp³-hybridized carbons (Fsp3) is 0.273. The second kappa shape index (κ2) is 5.34. The molecule has 0 radical (unpaired) electrons. The van der Waals surface area contributed by atoms with E-state index in [1.807, 2.05) is 11.9 Å². The number of carbonyl (C=O) groups excluding carboxylic acids is 1. The van der Waals surface area contributed by atoms with Crippen molar-refractivity contribution in [1.29, 1.82) is 0 Å². The monoisotopic (exact) mass is 263 g/mol. The number of aryl methyl sites for hydroxylation is 1. The van der Waals surface area contributed by atoms with Crippen LogP contribution >= 0.6 is 0 Å². The van der Waals surface area contributed by atoms with Crippen LogP contribution in [0, 0.1) is 0 Å². The van der Waals surface area contributed by atoms with Crippen LogP contribution in [0.2, 0.25) is 0 Å². The van der Waals surface area contributed by atoms with E-state index in [-0.39, 0.29) is 5.56 Å². The zero-order chi connectivity index (χ0) is 13.8. The Kier molecular flexibility index (Phi) is 3.60. The number of nitrogens with zero attached hydrogens (tertiary/aromatic N) is 1. The molecule has 2 aromatic heterocycles. The van der Waals surface area contributed by atoms with E-state index in [0.717, 1.165) is 24.7 Å². The molecule has 0 unspecified atom stereocenters. The molecular weight excluding hydrogens is 250 g/mol. The first-order chi connectivity index (χ1) is 9.10. The van der Waals surface area contributed by atoms with E-state index >= 15 is 0 Å². The Morgan fingerprint density at radius 3 is 2.89 bits per heavy atom. The highest BCUT2D eigenvalue weighted by Crippen LogP contribution is 2.07. The van der Waals surface area contributed by atoms with Crippen molar-refractivity contribution in [3.05, 3.63) is 44.4 Å². The van der Waals surface area contributed by atoms with Gasteiger partial charge in [-0.15, -0.1) is 0 Å². The zero-order valence-corrected chi connectivity index (χ0v) is 10.2. The van der Waals surface area contributed by atoms with Crippen molar-refractivity contribution in [2.45, 2.75) is 19.8 Å². The molecule has 0 atom stereocenters. The van der Waals surface area contributed by atoms with Crippen LogP contribution in [0.4, 0.5) is 5.82 Å². The highest BCUT2D eigenvalue weighted by atomic mass is 16.2. The van der Waals surface area contributed by atoms with Crippen LogP contribution in [0.1, 0.15) is 29.4 Å². The Labute approximate surface area is 107 Å². The van der Waals surface area contributed by atoms with Crippen molar-refractivity contribution < 1.29 is 4.79 Å². The number of anilines is 1. The number of rotatable bonds is 4. The van der Waals surface area contributed by atoms with E-state index < -0.39 is 17.2 Å². The van der Waals surface area contributed by atoms with Gasteiger partial charge in [-0.25, -0.2) is 4.79 Å². The average Bonchev–Trinajstić information content (AvgIpc) is 2.76. The molecule has 0 aromatic carbocycles. The Morgan fingerprint density at radius 1 is 1.42 bits per heavy atom. The van der Waals surface area contributed by atoms with Gasteiger partial charge in [0.05, 0.1) is 0 Å². The second-order valence-electron chi connectivity index (χ2n) is 3.97. The zero-order valence-electron chi connectivity index (χ0n) is 10.2. The predicted octanol–water partition coefficient (Wildman–Crippen LogP) is -0.00890. The highest BCUT2D eigenvalue weighted by Gasteiger charge is 2.12. The third kappa shape index (κ3) is 2.97. The van der Waals surface area contributed by atoms with E-state index in [2.05, 4.69) is 20.5 Å². The number of aromatic nitrogens is 4. The number of H-pyrrole nitrogens is 3. The van der Waals surface area contributed by atoms with Gasteiger partial charge in [-0.05, 0) is 6.42 Å². The fourth-order valence-electron chi connectivity index (χ4n) is 1.59. The van der Waals surface area contributed by atoms with E-state index in [1.165, 1.54) is 0 Å². The largest absolute Gasteiger partial charge is 0.325 e. The smallest absolute Gasteiger partial charge is 0.313 e. The number of carbonyl (C=O) groups is 1. The molecule has 4 N–H and O–H groups in total. The number of amides is 1. The van der Waals surface area contributed by atoms with Gasteiger partial charge in [-0.2, -0.15) is 5.10 Å². The van der Waals surface area contributed by atoms with Crippen molar-refractivity contribution in [1.82, 2.24) is 20.2 Å². The number of aromatic amines is 3. The molecule has 8 heteroatoms. The maximum atomic E-state index is 11.8. The van der Waals surface area contributed by atoms with Gasteiger partial charge < -0.3 is 10.3 Å². The predicted molar refractivity (Wildman–Crippen MR) is 68.2 cm³/mol. The van der Waals surface area contributed by atoms with Crippen LogP contribution < -0.4 is 16.6 Å². The summed E-state index contributed by atoms with van der Waals surface area (Å²) in [6, 6.07) is 1.70. The van der Waals surface area contributed by atoms with Gasteiger partial charge in [-0.3, -0.25) is 19.7 Å². The van der Waals surface area contributed by atoms with Crippen molar-refractivity contribution in [2.75, 3.05) is 5.32 Å². The van der Waals surface area contributed by atoms with Crippen LogP contribution in [-0.4, -0.2) is 26.1 Å². The summed E-state index contributed by atoms with van der Waals surface area (Å²) in [4.78, 5) is 38.3. The molecule has 2 rings (SSSR count). The Balaban J connectivity index is 2.16. The molecule has 0 saturated carbocycles. The first-order valence-corrected chi connectivity index (χ1v) is 5.77. The molecule has 0 aliphatic carbocycles. The summed E-state index contributed by atoms with van der Waals surface area (Å²) in [7, 11) is 0. The fourth-order valence-corrected chi connectivity index (χ4v) is 1.59. The third-order valence-electron chi connectivity index (χ3n) is 2.46. The molecule has 0 bridgehead atoms. The van der Waals surface area contributed by atoms with Crippen molar-refractivity contribution in [2.24, 2.45) is 0 Å². The van der Waals surface area contributed by atoms with Crippen LogP contribution in [0.5, 0.6) is 0 Å². The van der Waals surface area contributed by atoms with Gasteiger partial charge in [0.2, 0.25) is 0 Å². The van der Waals surface area contributed by atoms with Crippen molar-refractivity contribution in [3.63, 3.8) is 0 Å². The molecule has 19 heavy (non-hydrogen) atoms. The highest BCUT2D eigenvalue weighted by molar-refractivity contribution is 6.03. The first kappa shape index (κ1) is 12.8. The van der Waals surface area contributed by atoms with Crippen LogP contribution in [0.3, 0.4) is 0 Å². The summed E-state index contributed by atoms with van der Waals surface area (Å²) < 4.78 is 0. The maximum Gasteiger partial charge on any atom is 0.325 e. The summed E-state index contributed by atoms with van der Waals surface area (Å²) in [5.41, 5.74) is -0.690. The summed E-state index contributed by atoms with van der Waals surface area (Å²) in [5, 5.41) is 9.16. The topological polar surface area (TPSA) is 124 Å². The molecule has 2 aromatic rings. The lowest BCUT2D eigenvalue weighted by Gasteiger charge is -1.99. The summed E-state index contributed by atoms with van der Waals surface area (Å²) >= 11 is 0. The van der Waals surface area contributed by atoms with Crippen LogP contribution in [0.15, 0.2) is 21.9 Å². The molecule has 8 nitrogen and oxygen atoms in total. The number of hydrogen-bond acceptors (Lipinski definition) is 4. The molecule has 0 aliphatic rings. The number of nitrogens with one attached hydrogen (secondary N) is 4. The molecule has 100 valence electrons. The number of hydrogen-bond donors (Lipinski definition) is 4. The molecule has 2 heterocycles. The lowest BCUT2D eigenvalue weighted by Crippen LogP contribution is -2.29. The Morgan fingerprint density at radius 2 is 2.21 bits per heavy atom. The first-order valence-electron chi connectivity index (χ1n) is 5.77. The van der Waals surface area contributed by atoms with Crippen molar-refractivity contribution >= 4 is 11.7 Å². The van der Waals surface area contributed by atoms with Gasteiger partial charge >= 0.3 is 5.69 Å². The Bertz CT molecular complexity index is 697.